The number of allylic oxidation sites excluding steroid dienone is 2. The molecule has 0 amide bonds. The second-order valence-electron chi connectivity index (χ2n) is 4.49. The Morgan fingerprint density at radius 1 is 1.29 bits per heavy atom. The average molecular weight is 251 g/mol. The first-order valence-electron chi connectivity index (χ1n) is 5.74. The first kappa shape index (κ1) is 12.2. The highest BCUT2D eigenvalue weighted by atomic mass is 32.2. The molecule has 92 valence electrons. The highest BCUT2D eigenvalue weighted by molar-refractivity contribution is 7.92. The summed E-state index contributed by atoms with van der Waals surface area (Å²) in [5.41, 5.74) is 3.96. The lowest BCUT2D eigenvalue weighted by molar-refractivity contribution is 0.606. The topological polar surface area (TPSA) is 46.2 Å². The monoisotopic (exact) mass is 251 g/mol. The van der Waals surface area contributed by atoms with Crippen molar-refractivity contribution in [1.29, 1.82) is 0 Å². The number of rotatable bonds is 3. The molecule has 0 aromatic heterocycles. The van der Waals surface area contributed by atoms with Gasteiger partial charge < -0.3 is 0 Å². The second-order valence-corrected chi connectivity index (χ2v) is 6.24. The molecule has 0 radical (unpaired) electrons. The highest BCUT2D eigenvalue weighted by Crippen LogP contribution is 2.34. The molecule has 4 heteroatoms. The summed E-state index contributed by atoms with van der Waals surface area (Å²) in [7, 11) is -3.23. The summed E-state index contributed by atoms with van der Waals surface area (Å²) in [6.07, 6.45) is 6.65. The van der Waals surface area contributed by atoms with Gasteiger partial charge in [-0.25, -0.2) is 8.42 Å². The number of sulfonamides is 1. The zero-order valence-corrected chi connectivity index (χ0v) is 11.0. The molecule has 0 atom stereocenters. The molecule has 0 spiro atoms. The van der Waals surface area contributed by atoms with Crippen LogP contribution in [0.2, 0.25) is 0 Å². The van der Waals surface area contributed by atoms with Crippen LogP contribution in [0.1, 0.15) is 30.4 Å². The van der Waals surface area contributed by atoms with Gasteiger partial charge in [0.1, 0.15) is 0 Å². The highest BCUT2D eigenvalue weighted by Gasteiger charge is 2.15. The van der Waals surface area contributed by atoms with Gasteiger partial charge in [-0.3, -0.25) is 4.72 Å². The molecule has 17 heavy (non-hydrogen) atoms. The SMILES string of the molecule is Cc1cccc(C2=CCCC2)c1NS(C)(=O)=O. The van der Waals surface area contributed by atoms with Crippen molar-refractivity contribution in [3.8, 4) is 0 Å². The molecule has 0 aliphatic heterocycles. The molecule has 0 fully saturated rings. The summed E-state index contributed by atoms with van der Waals surface area (Å²) in [5, 5.41) is 0. The second kappa shape index (κ2) is 4.53. The van der Waals surface area contributed by atoms with Gasteiger partial charge in [0.2, 0.25) is 10.0 Å². The number of anilines is 1. The van der Waals surface area contributed by atoms with Gasteiger partial charge >= 0.3 is 0 Å². The van der Waals surface area contributed by atoms with Gasteiger partial charge in [0, 0.05) is 5.56 Å². The van der Waals surface area contributed by atoms with Crippen LogP contribution < -0.4 is 4.72 Å². The minimum Gasteiger partial charge on any atom is -0.283 e. The number of hydrogen-bond acceptors (Lipinski definition) is 2. The van der Waals surface area contributed by atoms with Crippen molar-refractivity contribution in [2.45, 2.75) is 26.2 Å². The summed E-state index contributed by atoms with van der Waals surface area (Å²) in [5.74, 6) is 0. The number of aryl methyl sites for hydroxylation is 1. The molecule has 0 saturated carbocycles. The lowest BCUT2D eigenvalue weighted by atomic mass is 10.0. The predicted octanol–water partition coefficient (Wildman–Crippen LogP) is 2.93. The van der Waals surface area contributed by atoms with Gasteiger partial charge in [0.25, 0.3) is 0 Å². The first-order chi connectivity index (χ1) is 7.97. The normalized spacial score (nSPS) is 15.8. The largest absolute Gasteiger partial charge is 0.283 e. The third-order valence-corrected chi connectivity index (χ3v) is 3.52. The van der Waals surface area contributed by atoms with E-state index in [-0.39, 0.29) is 0 Å². The van der Waals surface area contributed by atoms with Gasteiger partial charge in [-0.2, -0.15) is 0 Å². The van der Waals surface area contributed by atoms with Crippen LogP contribution in [0.5, 0.6) is 0 Å². The summed E-state index contributed by atoms with van der Waals surface area (Å²) < 4.78 is 25.4. The van der Waals surface area contributed by atoms with Gasteiger partial charge in [0.05, 0.1) is 11.9 Å². The fraction of sp³-hybridized carbons (Fsp3) is 0.385. The zero-order chi connectivity index (χ0) is 12.5. The van der Waals surface area contributed by atoms with Gasteiger partial charge in [-0.05, 0) is 37.3 Å². The Bertz CT molecular complexity index is 559. The summed E-state index contributed by atoms with van der Waals surface area (Å²) in [6, 6.07) is 5.88. The molecule has 0 bridgehead atoms. The number of para-hydroxylation sites is 1. The van der Waals surface area contributed by atoms with Crippen LogP contribution in [-0.2, 0) is 10.0 Å². The Morgan fingerprint density at radius 2 is 2.06 bits per heavy atom. The average Bonchev–Trinajstić information content (AvgIpc) is 2.72. The van der Waals surface area contributed by atoms with E-state index in [9.17, 15) is 8.42 Å². The van der Waals surface area contributed by atoms with E-state index in [0.29, 0.717) is 0 Å². The smallest absolute Gasteiger partial charge is 0.229 e. The molecular formula is C13H17NO2S. The van der Waals surface area contributed by atoms with Gasteiger partial charge in [-0.15, -0.1) is 0 Å². The van der Waals surface area contributed by atoms with Crippen molar-refractivity contribution in [2.75, 3.05) is 11.0 Å². The van der Waals surface area contributed by atoms with Crippen molar-refractivity contribution in [3.63, 3.8) is 0 Å². The van der Waals surface area contributed by atoms with E-state index < -0.39 is 10.0 Å². The van der Waals surface area contributed by atoms with E-state index in [1.807, 2.05) is 25.1 Å². The fourth-order valence-corrected chi connectivity index (χ4v) is 2.81. The molecule has 3 nitrogen and oxygen atoms in total. The van der Waals surface area contributed by atoms with Crippen molar-refractivity contribution >= 4 is 21.3 Å². The predicted molar refractivity (Wildman–Crippen MR) is 71.5 cm³/mol. The lowest BCUT2D eigenvalue weighted by Gasteiger charge is -2.14. The van der Waals surface area contributed by atoms with Crippen LogP contribution in [0.4, 0.5) is 5.69 Å². The van der Waals surface area contributed by atoms with E-state index in [0.717, 1.165) is 36.1 Å². The molecule has 2 rings (SSSR count). The zero-order valence-electron chi connectivity index (χ0n) is 10.2. The maximum atomic E-state index is 11.4. The standard InChI is InChI=1S/C13H17NO2S/c1-10-6-5-9-12(11-7-3-4-8-11)13(10)14-17(2,15)16/h5-7,9,14H,3-4,8H2,1-2H3. The Balaban J connectivity index is 2.48. The molecule has 0 heterocycles. The molecule has 1 aliphatic rings. The van der Waals surface area contributed by atoms with E-state index in [1.54, 1.807) is 0 Å². The number of benzene rings is 1. The van der Waals surface area contributed by atoms with Crippen molar-refractivity contribution in [2.24, 2.45) is 0 Å². The van der Waals surface area contributed by atoms with Crippen LogP contribution >= 0.6 is 0 Å². The molecular weight excluding hydrogens is 234 g/mol. The summed E-state index contributed by atoms with van der Waals surface area (Å²) >= 11 is 0. The van der Waals surface area contributed by atoms with Gasteiger partial charge in [0.15, 0.2) is 0 Å². The molecule has 1 aromatic rings. The maximum absolute atomic E-state index is 11.4. The molecule has 1 N–H and O–H groups in total. The van der Waals surface area contributed by atoms with Crippen LogP contribution in [0.3, 0.4) is 0 Å². The quantitative estimate of drug-likeness (QED) is 0.897. The molecule has 0 unspecified atom stereocenters. The Hall–Kier alpha value is -1.29. The van der Waals surface area contributed by atoms with Crippen molar-refractivity contribution < 1.29 is 8.42 Å². The Kier molecular flexibility index (Phi) is 3.24. The molecule has 0 saturated heterocycles. The number of hydrogen-bond donors (Lipinski definition) is 1. The van der Waals surface area contributed by atoms with Crippen LogP contribution in [-0.4, -0.2) is 14.7 Å². The van der Waals surface area contributed by atoms with Crippen LogP contribution in [0.25, 0.3) is 5.57 Å². The third-order valence-electron chi connectivity index (χ3n) is 2.95. The summed E-state index contributed by atoms with van der Waals surface area (Å²) in [4.78, 5) is 0. The summed E-state index contributed by atoms with van der Waals surface area (Å²) in [6.45, 7) is 1.92. The van der Waals surface area contributed by atoms with E-state index >= 15 is 0 Å². The van der Waals surface area contributed by atoms with Crippen molar-refractivity contribution in [3.05, 3.63) is 35.4 Å². The fourth-order valence-electron chi connectivity index (χ4n) is 2.17. The molecule has 1 aliphatic carbocycles. The number of nitrogens with one attached hydrogen (secondary N) is 1. The minimum absolute atomic E-state index is 0.725. The first-order valence-corrected chi connectivity index (χ1v) is 7.63. The van der Waals surface area contributed by atoms with Crippen LogP contribution in [0, 0.1) is 6.92 Å². The van der Waals surface area contributed by atoms with Crippen molar-refractivity contribution in [1.82, 2.24) is 0 Å². The maximum Gasteiger partial charge on any atom is 0.229 e. The Morgan fingerprint density at radius 3 is 2.65 bits per heavy atom. The molecule has 1 aromatic carbocycles. The third kappa shape index (κ3) is 2.88. The minimum atomic E-state index is -3.23. The van der Waals surface area contributed by atoms with E-state index in [4.69, 9.17) is 0 Å². The van der Waals surface area contributed by atoms with E-state index in [1.165, 1.54) is 11.8 Å². The lowest BCUT2D eigenvalue weighted by Crippen LogP contribution is -2.12. The van der Waals surface area contributed by atoms with Gasteiger partial charge in [-0.1, -0.05) is 24.3 Å². The Labute approximate surface area is 103 Å². The van der Waals surface area contributed by atoms with Crippen LogP contribution in [0.15, 0.2) is 24.3 Å². The van der Waals surface area contributed by atoms with E-state index in [2.05, 4.69) is 10.8 Å².